The zero-order valence-electron chi connectivity index (χ0n) is 8.81. The van der Waals surface area contributed by atoms with E-state index in [1.807, 2.05) is 0 Å². The normalized spacial score (nSPS) is 11.6. The molecule has 0 amide bonds. The van der Waals surface area contributed by atoms with Gasteiger partial charge in [0, 0.05) is 23.8 Å². The van der Waals surface area contributed by atoms with Crippen molar-refractivity contribution in [1.82, 2.24) is 5.16 Å². The standard InChI is InChI=1S/C10H10N2O4S/c13-17(14,15)8-7-12-5-2-9(3-6-12)10-1-4-11-16-10/h1-6H,7-8H2. The number of hydrogen-bond donors (Lipinski definition) is 0. The third-order valence-corrected chi connectivity index (χ3v) is 2.90. The number of pyridine rings is 1. The Morgan fingerprint density at radius 3 is 2.53 bits per heavy atom. The molecule has 17 heavy (non-hydrogen) atoms. The first-order chi connectivity index (χ1) is 8.04. The molecule has 0 radical (unpaired) electrons. The summed E-state index contributed by atoms with van der Waals surface area (Å²) >= 11 is 0. The van der Waals surface area contributed by atoms with Crippen molar-refractivity contribution in [2.45, 2.75) is 6.54 Å². The molecule has 0 bridgehead atoms. The summed E-state index contributed by atoms with van der Waals surface area (Å²) in [6.45, 7) is 0.141. The van der Waals surface area contributed by atoms with E-state index in [0.717, 1.165) is 5.56 Å². The van der Waals surface area contributed by atoms with Crippen LogP contribution in [0.3, 0.4) is 0 Å². The van der Waals surface area contributed by atoms with Gasteiger partial charge in [0.2, 0.25) is 0 Å². The fourth-order valence-electron chi connectivity index (χ4n) is 1.35. The number of aromatic nitrogens is 2. The zero-order valence-corrected chi connectivity index (χ0v) is 9.63. The van der Waals surface area contributed by atoms with E-state index < -0.39 is 15.9 Å². The van der Waals surface area contributed by atoms with Crippen LogP contribution in [-0.2, 0) is 16.7 Å². The molecule has 2 aromatic rings. The van der Waals surface area contributed by atoms with Gasteiger partial charge in [-0.1, -0.05) is 5.16 Å². The maximum atomic E-state index is 10.5. The van der Waals surface area contributed by atoms with E-state index in [9.17, 15) is 13.0 Å². The minimum Gasteiger partial charge on any atom is -0.748 e. The Kier molecular flexibility index (Phi) is 3.21. The van der Waals surface area contributed by atoms with Gasteiger partial charge in [-0.15, -0.1) is 0 Å². The maximum absolute atomic E-state index is 10.5. The smallest absolute Gasteiger partial charge is 0.169 e. The van der Waals surface area contributed by atoms with Gasteiger partial charge in [0.1, 0.15) is 10.1 Å². The highest BCUT2D eigenvalue weighted by Gasteiger charge is 2.06. The second-order valence-corrected chi connectivity index (χ2v) is 4.99. The molecule has 0 atom stereocenters. The maximum Gasteiger partial charge on any atom is 0.169 e. The summed E-state index contributed by atoms with van der Waals surface area (Å²) in [5.74, 6) is 0.216. The number of aryl methyl sites for hydroxylation is 1. The van der Waals surface area contributed by atoms with E-state index in [0.29, 0.717) is 5.76 Å². The third-order valence-electron chi connectivity index (χ3n) is 2.21. The molecule has 7 heteroatoms. The largest absolute Gasteiger partial charge is 0.748 e. The summed E-state index contributed by atoms with van der Waals surface area (Å²) in [6.07, 6.45) is 4.91. The van der Waals surface area contributed by atoms with Gasteiger partial charge in [-0.2, -0.15) is 0 Å². The Hall–Kier alpha value is -1.73. The summed E-state index contributed by atoms with van der Waals surface area (Å²) in [5, 5.41) is 3.59. The van der Waals surface area contributed by atoms with Gasteiger partial charge in [-0.3, -0.25) is 0 Å². The van der Waals surface area contributed by atoms with E-state index in [1.165, 1.54) is 0 Å². The Morgan fingerprint density at radius 2 is 2.00 bits per heavy atom. The lowest BCUT2D eigenvalue weighted by Gasteiger charge is -2.03. The Balaban J connectivity index is 2.09. The molecule has 2 heterocycles. The van der Waals surface area contributed by atoms with Crippen LogP contribution in [0, 0.1) is 0 Å². The van der Waals surface area contributed by atoms with E-state index in [1.54, 1.807) is 41.4 Å². The molecule has 0 aromatic carbocycles. The predicted octanol–water partition coefficient (Wildman–Crippen LogP) is 0.174. The van der Waals surface area contributed by atoms with Crippen molar-refractivity contribution >= 4 is 10.1 Å². The van der Waals surface area contributed by atoms with Gasteiger partial charge in [-0.05, 0) is 0 Å². The van der Waals surface area contributed by atoms with Crippen LogP contribution in [0.5, 0.6) is 0 Å². The quantitative estimate of drug-likeness (QED) is 0.573. The van der Waals surface area contributed by atoms with Gasteiger partial charge in [-0.25, -0.2) is 13.0 Å². The van der Waals surface area contributed by atoms with Crippen molar-refractivity contribution in [3.8, 4) is 11.3 Å². The molecule has 0 spiro atoms. The summed E-state index contributed by atoms with van der Waals surface area (Å²) in [5.41, 5.74) is 0.837. The number of rotatable bonds is 4. The third kappa shape index (κ3) is 3.36. The summed E-state index contributed by atoms with van der Waals surface area (Å²) < 4.78 is 38.0. The van der Waals surface area contributed by atoms with Gasteiger partial charge in [0.15, 0.2) is 24.7 Å². The topological polar surface area (TPSA) is 87.1 Å². The molecule has 0 saturated carbocycles. The Labute approximate surface area is 98.2 Å². The highest BCUT2D eigenvalue weighted by Crippen LogP contribution is 2.15. The van der Waals surface area contributed by atoms with Gasteiger partial charge in [0.05, 0.1) is 11.9 Å². The molecule has 90 valence electrons. The van der Waals surface area contributed by atoms with Crippen molar-refractivity contribution in [1.29, 1.82) is 0 Å². The minimum atomic E-state index is -4.18. The molecular weight excluding hydrogens is 244 g/mol. The fourth-order valence-corrected chi connectivity index (χ4v) is 1.79. The molecule has 0 fully saturated rings. The first-order valence-corrected chi connectivity index (χ1v) is 6.46. The molecule has 0 saturated heterocycles. The highest BCUT2D eigenvalue weighted by molar-refractivity contribution is 7.85. The van der Waals surface area contributed by atoms with E-state index in [4.69, 9.17) is 4.52 Å². The van der Waals surface area contributed by atoms with Crippen molar-refractivity contribution in [2.24, 2.45) is 0 Å². The van der Waals surface area contributed by atoms with Crippen molar-refractivity contribution in [3.05, 3.63) is 36.8 Å². The van der Waals surface area contributed by atoms with Crippen LogP contribution in [0.4, 0.5) is 0 Å². The van der Waals surface area contributed by atoms with Crippen LogP contribution in [0.25, 0.3) is 11.3 Å². The second-order valence-electron chi connectivity index (χ2n) is 3.46. The average molecular weight is 254 g/mol. The number of nitrogens with zero attached hydrogens (tertiary/aromatic N) is 2. The van der Waals surface area contributed by atoms with Crippen molar-refractivity contribution < 1.29 is 22.1 Å². The van der Waals surface area contributed by atoms with Crippen LogP contribution >= 0.6 is 0 Å². The molecule has 0 aliphatic carbocycles. The van der Waals surface area contributed by atoms with Crippen LogP contribution < -0.4 is 4.57 Å². The summed E-state index contributed by atoms with van der Waals surface area (Å²) in [6, 6.07) is 5.25. The lowest BCUT2D eigenvalue weighted by Crippen LogP contribution is -2.36. The van der Waals surface area contributed by atoms with Crippen LogP contribution in [0.15, 0.2) is 41.3 Å². The Morgan fingerprint density at radius 1 is 1.29 bits per heavy atom. The first kappa shape index (κ1) is 11.7. The van der Waals surface area contributed by atoms with Crippen molar-refractivity contribution in [3.63, 3.8) is 0 Å². The Bertz CT molecular complexity index is 575. The van der Waals surface area contributed by atoms with E-state index in [-0.39, 0.29) is 6.54 Å². The minimum absolute atomic E-state index is 0.141. The molecule has 0 unspecified atom stereocenters. The fraction of sp³-hybridized carbons (Fsp3) is 0.200. The molecular formula is C10H10N2O4S. The molecule has 6 nitrogen and oxygen atoms in total. The molecule has 2 rings (SSSR count). The highest BCUT2D eigenvalue weighted by atomic mass is 32.2. The summed E-state index contributed by atoms with van der Waals surface area (Å²) in [7, 11) is -4.18. The van der Waals surface area contributed by atoms with Crippen LogP contribution in [0.1, 0.15) is 0 Å². The lowest BCUT2D eigenvalue weighted by molar-refractivity contribution is -0.692. The first-order valence-electron chi connectivity index (χ1n) is 4.88. The molecule has 0 aliphatic rings. The molecule has 0 N–H and O–H groups in total. The van der Waals surface area contributed by atoms with Crippen LogP contribution in [0.2, 0.25) is 0 Å². The van der Waals surface area contributed by atoms with E-state index >= 15 is 0 Å². The van der Waals surface area contributed by atoms with Crippen molar-refractivity contribution in [2.75, 3.05) is 5.75 Å². The van der Waals surface area contributed by atoms with Gasteiger partial charge >= 0.3 is 0 Å². The van der Waals surface area contributed by atoms with Gasteiger partial charge in [0.25, 0.3) is 0 Å². The average Bonchev–Trinajstić information content (AvgIpc) is 2.79. The zero-order chi connectivity index (χ0) is 12.3. The summed E-state index contributed by atoms with van der Waals surface area (Å²) in [4.78, 5) is 0. The van der Waals surface area contributed by atoms with Crippen LogP contribution in [-0.4, -0.2) is 23.9 Å². The molecule has 2 aromatic heterocycles. The number of hydrogen-bond acceptors (Lipinski definition) is 5. The molecule has 0 aliphatic heterocycles. The predicted molar refractivity (Wildman–Crippen MR) is 56.7 cm³/mol. The second kappa shape index (κ2) is 4.64. The monoisotopic (exact) mass is 254 g/mol. The van der Waals surface area contributed by atoms with Gasteiger partial charge < -0.3 is 9.08 Å². The SMILES string of the molecule is O=S(=O)([O-])CC[n+]1ccc(-c2ccno2)cc1. The lowest BCUT2D eigenvalue weighted by atomic mass is 10.2. The van der Waals surface area contributed by atoms with E-state index in [2.05, 4.69) is 5.16 Å².